The lowest BCUT2D eigenvalue weighted by atomic mass is 10.2. The van der Waals surface area contributed by atoms with E-state index < -0.39 is 0 Å². The van der Waals surface area contributed by atoms with Gasteiger partial charge >= 0.3 is 0 Å². The Bertz CT molecular complexity index is 314. The molecule has 0 bridgehead atoms. The maximum absolute atomic E-state index is 5.10. The van der Waals surface area contributed by atoms with Gasteiger partial charge in [-0.3, -0.25) is 0 Å². The molecule has 0 N–H and O–H groups in total. The highest BCUT2D eigenvalue weighted by Crippen LogP contribution is 2.26. The number of hydrogen-bond donors (Lipinski definition) is 0. The highest BCUT2D eigenvalue weighted by molar-refractivity contribution is 9.10. The van der Waals surface area contributed by atoms with Gasteiger partial charge in [0.2, 0.25) is 0 Å². The summed E-state index contributed by atoms with van der Waals surface area (Å²) in [5.41, 5.74) is 2.51. The van der Waals surface area contributed by atoms with Crippen molar-refractivity contribution in [2.24, 2.45) is 0 Å². The molecular formula is C12H18BrNO. The smallest absolute Gasteiger partial charge is 0.0637 e. The maximum Gasteiger partial charge on any atom is 0.0637 e. The summed E-state index contributed by atoms with van der Waals surface area (Å²) in [5.74, 6) is 0. The molecule has 0 amide bonds. The van der Waals surface area contributed by atoms with E-state index in [9.17, 15) is 0 Å². The summed E-state index contributed by atoms with van der Waals surface area (Å²) in [4.78, 5) is 2.30. The van der Waals surface area contributed by atoms with Gasteiger partial charge in [0.1, 0.15) is 0 Å². The Hall–Kier alpha value is -0.540. The minimum absolute atomic E-state index is 0.758. The minimum Gasteiger partial charge on any atom is -0.383 e. The lowest BCUT2D eigenvalue weighted by Gasteiger charge is -2.24. The van der Waals surface area contributed by atoms with E-state index in [1.165, 1.54) is 11.3 Å². The van der Waals surface area contributed by atoms with Crippen molar-refractivity contribution in [2.75, 3.05) is 31.7 Å². The normalized spacial score (nSPS) is 10.4. The molecule has 1 aromatic rings. The van der Waals surface area contributed by atoms with E-state index >= 15 is 0 Å². The third-order valence-electron chi connectivity index (χ3n) is 2.39. The summed E-state index contributed by atoms with van der Waals surface area (Å²) >= 11 is 3.60. The van der Waals surface area contributed by atoms with Gasteiger partial charge < -0.3 is 9.64 Å². The van der Waals surface area contributed by atoms with Gasteiger partial charge in [0.05, 0.1) is 12.3 Å². The molecule has 15 heavy (non-hydrogen) atoms. The standard InChI is InChI=1S/C12H18BrNO/c1-4-14(7-8-15-3)12-6-5-10(2)9-11(12)13/h5-6,9H,4,7-8H2,1-3H3. The molecule has 3 heteroatoms. The van der Waals surface area contributed by atoms with Crippen molar-refractivity contribution in [2.45, 2.75) is 13.8 Å². The molecule has 1 aromatic carbocycles. The number of aryl methyl sites for hydroxylation is 1. The fourth-order valence-corrected chi connectivity index (χ4v) is 2.26. The highest BCUT2D eigenvalue weighted by atomic mass is 79.9. The van der Waals surface area contributed by atoms with Crippen LogP contribution in [0.4, 0.5) is 5.69 Å². The Kier molecular flexibility index (Phi) is 5.12. The molecule has 0 aromatic heterocycles. The molecular weight excluding hydrogens is 254 g/mol. The first-order valence-electron chi connectivity index (χ1n) is 5.19. The van der Waals surface area contributed by atoms with Crippen molar-refractivity contribution in [1.82, 2.24) is 0 Å². The number of nitrogens with zero attached hydrogens (tertiary/aromatic N) is 1. The molecule has 0 spiro atoms. The van der Waals surface area contributed by atoms with Crippen LogP contribution >= 0.6 is 15.9 Å². The molecule has 0 fully saturated rings. The maximum atomic E-state index is 5.10. The second kappa shape index (κ2) is 6.13. The van der Waals surface area contributed by atoms with Gasteiger partial charge in [0.25, 0.3) is 0 Å². The van der Waals surface area contributed by atoms with Crippen LogP contribution in [0.2, 0.25) is 0 Å². The van der Waals surface area contributed by atoms with Gasteiger partial charge in [-0.25, -0.2) is 0 Å². The third kappa shape index (κ3) is 3.50. The molecule has 0 heterocycles. The number of ether oxygens (including phenoxy) is 1. The molecule has 84 valence electrons. The van der Waals surface area contributed by atoms with Crippen LogP contribution in [-0.4, -0.2) is 26.8 Å². The van der Waals surface area contributed by atoms with E-state index in [-0.39, 0.29) is 0 Å². The average molecular weight is 272 g/mol. The van der Waals surface area contributed by atoms with Crippen molar-refractivity contribution < 1.29 is 4.74 Å². The fraction of sp³-hybridized carbons (Fsp3) is 0.500. The molecule has 0 aliphatic rings. The number of hydrogen-bond acceptors (Lipinski definition) is 2. The summed E-state index contributed by atoms with van der Waals surface area (Å²) in [7, 11) is 1.73. The zero-order chi connectivity index (χ0) is 11.3. The van der Waals surface area contributed by atoms with Gasteiger partial charge in [0, 0.05) is 24.7 Å². The Morgan fingerprint density at radius 3 is 2.67 bits per heavy atom. The fourth-order valence-electron chi connectivity index (χ4n) is 1.52. The van der Waals surface area contributed by atoms with Crippen molar-refractivity contribution in [3.05, 3.63) is 28.2 Å². The van der Waals surface area contributed by atoms with Crippen LogP contribution in [0.25, 0.3) is 0 Å². The molecule has 0 saturated carbocycles. The van der Waals surface area contributed by atoms with Crippen LogP contribution in [0, 0.1) is 6.92 Å². The van der Waals surface area contributed by atoms with Gasteiger partial charge in [-0.1, -0.05) is 6.07 Å². The topological polar surface area (TPSA) is 12.5 Å². The van der Waals surface area contributed by atoms with Crippen LogP contribution in [-0.2, 0) is 4.74 Å². The van der Waals surface area contributed by atoms with E-state index in [1.807, 2.05) is 0 Å². The van der Waals surface area contributed by atoms with Crippen molar-refractivity contribution >= 4 is 21.6 Å². The first kappa shape index (κ1) is 12.5. The summed E-state index contributed by atoms with van der Waals surface area (Å²) in [6, 6.07) is 6.43. The van der Waals surface area contributed by atoms with E-state index in [4.69, 9.17) is 4.74 Å². The first-order valence-corrected chi connectivity index (χ1v) is 5.98. The zero-order valence-corrected chi connectivity index (χ0v) is 11.2. The quantitative estimate of drug-likeness (QED) is 0.816. The number of benzene rings is 1. The van der Waals surface area contributed by atoms with Crippen LogP contribution in [0.1, 0.15) is 12.5 Å². The number of anilines is 1. The lowest BCUT2D eigenvalue weighted by molar-refractivity contribution is 0.205. The number of rotatable bonds is 5. The second-order valence-corrected chi connectivity index (χ2v) is 4.38. The lowest BCUT2D eigenvalue weighted by Crippen LogP contribution is -2.27. The molecule has 0 saturated heterocycles. The molecule has 0 aliphatic heterocycles. The SMILES string of the molecule is CCN(CCOC)c1ccc(C)cc1Br. The van der Waals surface area contributed by atoms with Crippen molar-refractivity contribution in [3.8, 4) is 0 Å². The largest absolute Gasteiger partial charge is 0.383 e. The summed E-state index contributed by atoms with van der Waals surface area (Å²) in [6.07, 6.45) is 0. The highest BCUT2D eigenvalue weighted by Gasteiger charge is 2.07. The molecule has 2 nitrogen and oxygen atoms in total. The van der Waals surface area contributed by atoms with Gasteiger partial charge in [-0.15, -0.1) is 0 Å². The predicted octanol–water partition coefficient (Wildman–Crippen LogP) is 3.23. The van der Waals surface area contributed by atoms with Crippen LogP contribution in [0.15, 0.2) is 22.7 Å². The monoisotopic (exact) mass is 271 g/mol. The van der Waals surface area contributed by atoms with Crippen LogP contribution in [0.5, 0.6) is 0 Å². The molecule has 0 aliphatic carbocycles. The number of likely N-dealkylation sites (N-methyl/N-ethyl adjacent to an activating group) is 1. The minimum atomic E-state index is 0.758. The molecule has 0 radical (unpaired) electrons. The Morgan fingerprint density at radius 2 is 2.13 bits per heavy atom. The van der Waals surface area contributed by atoms with Crippen molar-refractivity contribution in [3.63, 3.8) is 0 Å². The van der Waals surface area contributed by atoms with E-state index in [2.05, 4.69) is 52.9 Å². The summed E-state index contributed by atoms with van der Waals surface area (Å²) < 4.78 is 6.26. The van der Waals surface area contributed by atoms with Crippen molar-refractivity contribution in [1.29, 1.82) is 0 Å². The molecule has 1 rings (SSSR count). The third-order valence-corrected chi connectivity index (χ3v) is 3.03. The summed E-state index contributed by atoms with van der Waals surface area (Å²) in [5, 5.41) is 0. The summed E-state index contributed by atoms with van der Waals surface area (Å²) in [6.45, 7) is 6.93. The van der Waals surface area contributed by atoms with Gasteiger partial charge in [-0.2, -0.15) is 0 Å². The van der Waals surface area contributed by atoms with Crippen LogP contribution < -0.4 is 4.90 Å². The Balaban J connectivity index is 2.81. The van der Waals surface area contributed by atoms with E-state index in [1.54, 1.807) is 7.11 Å². The van der Waals surface area contributed by atoms with E-state index in [0.717, 1.165) is 24.2 Å². The zero-order valence-electron chi connectivity index (χ0n) is 9.59. The average Bonchev–Trinajstić information content (AvgIpc) is 2.21. The molecule has 0 atom stereocenters. The number of halogens is 1. The Labute approximate surface area is 100 Å². The predicted molar refractivity (Wildman–Crippen MR) is 68.6 cm³/mol. The Morgan fingerprint density at radius 1 is 1.40 bits per heavy atom. The first-order chi connectivity index (χ1) is 7.19. The number of methoxy groups -OCH3 is 1. The van der Waals surface area contributed by atoms with Gasteiger partial charge in [-0.05, 0) is 47.5 Å². The molecule has 0 unspecified atom stereocenters. The van der Waals surface area contributed by atoms with Gasteiger partial charge in [0.15, 0.2) is 0 Å². The second-order valence-electron chi connectivity index (χ2n) is 3.53. The van der Waals surface area contributed by atoms with E-state index in [0.29, 0.717) is 0 Å². The van der Waals surface area contributed by atoms with Crippen LogP contribution in [0.3, 0.4) is 0 Å².